The zero-order valence-corrected chi connectivity index (χ0v) is 14.7. The van der Waals surface area contributed by atoms with Crippen molar-refractivity contribution in [1.82, 2.24) is 10.6 Å². The molecule has 0 bridgehead atoms. The van der Waals surface area contributed by atoms with E-state index in [0.29, 0.717) is 10.0 Å². The number of primary amides is 1. The van der Waals surface area contributed by atoms with Crippen molar-refractivity contribution in [2.24, 2.45) is 5.73 Å². The number of hydrogen-bond donors (Lipinski definition) is 3. The number of nitrogens with one attached hydrogen (secondary N) is 2. The quantitative estimate of drug-likeness (QED) is 0.610. The second-order valence-electron chi connectivity index (χ2n) is 5.27. The highest BCUT2D eigenvalue weighted by atomic mass is 79.9. The number of nitrogens with two attached hydrogens (primary N) is 1. The van der Waals surface area contributed by atoms with Crippen LogP contribution in [0, 0.1) is 5.82 Å². The van der Waals surface area contributed by atoms with Gasteiger partial charge in [-0.1, -0.05) is 34.6 Å². The number of rotatable bonds is 8. The predicted molar refractivity (Wildman–Crippen MR) is 91.5 cm³/mol. The molecule has 0 aliphatic carbocycles. The van der Waals surface area contributed by atoms with E-state index >= 15 is 0 Å². The average molecular weight is 400 g/mol. The van der Waals surface area contributed by atoms with Crippen LogP contribution in [0.15, 0.2) is 35.3 Å². The molecular weight excluding hydrogens is 381 g/mol. The van der Waals surface area contributed by atoms with Crippen LogP contribution in [-0.2, 0) is 20.8 Å². The minimum Gasteiger partial charge on any atom is -0.368 e. The summed E-state index contributed by atoms with van der Waals surface area (Å²) in [7, 11) is 0. The molecule has 130 valence electrons. The average Bonchev–Trinajstić information content (AvgIpc) is 2.47. The number of benzene rings is 1. The lowest BCUT2D eigenvalue weighted by atomic mass is 10.0. The van der Waals surface area contributed by atoms with Gasteiger partial charge in [0.15, 0.2) is 0 Å². The first-order valence-corrected chi connectivity index (χ1v) is 7.93. The third kappa shape index (κ3) is 6.91. The van der Waals surface area contributed by atoms with Crippen molar-refractivity contribution in [2.45, 2.75) is 31.8 Å². The minimum absolute atomic E-state index is 0.129. The van der Waals surface area contributed by atoms with E-state index < -0.39 is 35.6 Å². The van der Waals surface area contributed by atoms with Crippen molar-refractivity contribution >= 4 is 33.7 Å². The van der Waals surface area contributed by atoms with Gasteiger partial charge in [-0.25, -0.2) is 4.39 Å². The van der Waals surface area contributed by atoms with Crippen LogP contribution < -0.4 is 16.4 Å². The van der Waals surface area contributed by atoms with E-state index in [0.717, 1.165) is 0 Å². The Hall–Kier alpha value is -2.22. The molecule has 0 radical (unpaired) electrons. The molecule has 0 unspecified atom stereocenters. The second kappa shape index (κ2) is 9.17. The summed E-state index contributed by atoms with van der Waals surface area (Å²) in [6.45, 7) is 4.88. The molecule has 0 spiro atoms. The Morgan fingerprint density at radius 2 is 1.79 bits per heavy atom. The van der Waals surface area contributed by atoms with Crippen LogP contribution in [0.3, 0.4) is 0 Å². The van der Waals surface area contributed by atoms with Crippen molar-refractivity contribution < 1.29 is 18.8 Å². The summed E-state index contributed by atoms with van der Waals surface area (Å²) in [5, 5.41) is 5.00. The fraction of sp³-hybridized carbons (Fsp3) is 0.312. The van der Waals surface area contributed by atoms with Gasteiger partial charge in [-0.3, -0.25) is 14.4 Å². The Bertz CT molecular complexity index is 634. The highest BCUT2D eigenvalue weighted by Crippen LogP contribution is 2.11. The Balaban J connectivity index is 2.87. The van der Waals surface area contributed by atoms with Crippen LogP contribution >= 0.6 is 15.9 Å². The zero-order chi connectivity index (χ0) is 18.3. The number of hydrogen-bond acceptors (Lipinski definition) is 3. The van der Waals surface area contributed by atoms with Gasteiger partial charge in [-0.05, 0) is 22.2 Å². The second-order valence-corrected chi connectivity index (χ2v) is 6.39. The largest absolute Gasteiger partial charge is 0.368 e. The first-order valence-electron chi connectivity index (χ1n) is 7.13. The number of carbonyl (C=O) groups is 3. The fourth-order valence-corrected chi connectivity index (χ4v) is 2.35. The van der Waals surface area contributed by atoms with Gasteiger partial charge in [0.05, 0.1) is 0 Å². The van der Waals surface area contributed by atoms with Crippen molar-refractivity contribution in [3.8, 4) is 0 Å². The van der Waals surface area contributed by atoms with E-state index in [4.69, 9.17) is 5.73 Å². The summed E-state index contributed by atoms with van der Waals surface area (Å²) in [5.74, 6) is -2.08. The molecule has 0 fully saturated rings. The lowest BCUT2D eigenvalue weighted by Crippen LogP contribution is -2.53. The highest BCUT2D eigenvalue weighted by molar-refractivity contribution is 9.11. The SMILES string of the molecule is C=C(Br)C[C@H](NC(=O)[C@@H](Cc1ccc(F)cc1)NC(C)=O)C(N)=O. The summed E-state index contributed by atoms with van der Waals surface area (Å²) in [6.07, 6.45) is 0.275. The van der Waals surface area contributed by atoms with E-state index in [-0.39, 0.29) is 12.8 Å². The van der Waals surface area contributed by atoms with E-state index in [9.17, 15) is 18.8 Å². The molecule has 3 amide bonds. The third-order valence-electron chi connectivity index (χ3n) is 3.13. The standard InChI is InChI=1S/C16H19BrFN3O3/c1-9(17)7-13(15(19)23)21-16(24)14(20-10(2)22)8-11-3-5-12(18)6-4-11/h3-6,13-14H,1,7-8H2,2H3,(H2,19,23)(H,20,22)(H,21,24)/t13-,14+/m0/s1. The molecule has 2 atom stereocenters. The summed E-state index contributed by atoms with van der Waals surface area (Å²) in [4.78, 5) is 35.2. The van der Waals surface area contributed by atoms with Crippen molar-refractivity contribution in [1.29, 1.82) is 0 Å². The topological polar surface area (TPSA) is 101 Å². The van der Waals surface area contributed by atoms with Crippen molar-refractivity contribution in [3.63, 3.8) is 0 Å². The van der Waals surface area contributed by atoms with Crippen molar-refractivity contribution in [2.75, 3.05) is 0 Å². The van der Waals surface area contributed by atoms with Crippen LogP contribution in [-0.4, -0.2) is 29.8 Å². The fourth-order valence-electron chi connectivity index (χ4n) is 2.03. The molecule has 0 aromatic heterocycles. The predicted octanol–water partition coefficient (Wildman–Crippen LogP) is 1.14. The molecule has 24 heavy (non-hydrogen) atoms. The molecule has 0 heterocycles. The first-order chi connectivity index (χ1) is 11.2. The Morgan fingerprint density at radius 3 is 2.25 bits per heavy atom. The smallest absolute Gasteiger partial charge is 0.243 e. The normalized spacial score (nSPS) is 12.8. The van der Waals surface area contributed by atoms with Gasteiger partial charge >= 0.3 is 0 Å². The monoisotopic (exact) mass is 399 g/mol. The van der Waals surface area contributed by atoms with E-state index in [1.807, 2.05) is 0 Å². The maximum absolute atomic E-state index is 13.0. The summed E-state index contributed by atoms with van der Waals surface area (Å²) >= 11 is 3.11. The number of carbonyl (C=O) groups excluding carboxylic acids is 3. The maximum Gasteiger partial charge on any atom is 0.243 e. The first kappa shape index (κ1) is 19.8. The summed E-state index contributed by atoms with van der Waals surface area (Å²) in [5.41, 5.74) is 5.92. The molecule has 1 aromatic carbocycles. The van der Waals surface area contributed by atoms with E-state index in [1.54, 1.807) is 0 Å². The maximum atomic E-state index is 13.0. The van der Waals surface area contributed by atoms with Crippen LogP contribution in [0.1, 0.15) is 18.9 Å². The summed E-state index contributed by atoms with van der Waals surface area (Å²) in [6, 6.07) is 3.69. The molecule has 1 aromatic rings. The molecule has 8 heteroatoms. The van der Waals surface area contributed by atoms with Crippen LogP contribution in [0.5, 0.6) is 0 Å². The highest BCUT2D eigenvalue weighted by Gasteiger charge is 2.25. The Labute approximate surface area is 147 Å². The molecule has 4 N–H and O–H groups in total. The van der Waals surface area contributed by atoms with Gasteiger partial charge in [0.2, 0.25) is 17.7 Å². The van der Waals surface area contributed by atoms with Gasteiger partial charge in [0.25, 0.3) is 0 Å². The minimum atomic E-state index is -0.950. The molecule has 0 aliphatic rings. The lowest BCUT2D eigenvalue weighted by molar-refractivity contribution is -0.130. The molecule has 0 aliphatic heterocycles. The summed E-state index contributed by atoms with van der Waals surface area (Å²) < 4.78 is 13.5. The molecule has 1 rings (SSSR count). The van der Waals surface area contributed by atoms with Gasteiger partial charge in [0.1, 0.15) is 17.9 Å². The van der Waals surface area contributed by atoms with Gasteiger partial charge in [0, 0.05) is 19.8 Å². The number of amides is 3. The zero-order valence-electron chi connectivity index (χ0n) is 13.1. The van der Waals surface area contributed by atoms with Gasteiger partial charge in [-0.15, -0.1) is 0 Å². The molecule has 0 saturated heterocycles. The molecule has 0 saturated carbocycles. The lowest BCUT2D eigenvalue weighted by Gasteiger charge is -2.21. The van der Waals surface area contributed by atoms with Gasteiger partial charge < -0.3 is 16.4 Å². The number of halogens is 2. The van der Waals surface area contributed by atoms with E-state index in [1.165, 1.54) is 31.2 Å². The van der Waals surface area contributed by atoms with Crippen LogP contribution in [0.2, 0.25) is 0 Å². The van der Waals surface area contributed by atoms with Crippen molar-refractivity contribution in [3.05, 3.63) is 46.7 Å². The van der Waals surface area contributed by atoms with Crippen LogP contribution in [0.4, 0.5) is 4.39 Å². The third-order valence-corrected chi connectivity index (χ3v) is 3.46. The Morgan fingerprint density at radius 1 is 1.21 bits per heavy atom. The van der Waals surface area contributed by atoms with Gasteiger partial charge in [-0.2, -0.15) is 0 Å². The molecular formula is C16H19BrFN3O3. The van der Waals surface area contributed by atoms with E-state index in [2.05, 4.69) is 33.1 Å². The van der Waals surface area contributed by atoms with Crippen LogP contribution in [0.25, 0.3) is 0 Å². The molecule has 6 nitrogen and oxygen atoms in total. The Kier molecular flexibility index (Phi) is 7.57.